The quantitative estimate of drug-likeness (QED) is 0.753. The van der Waals surface area contributed by atoms with E-state index < -0.39 is 0 Å². The van der Waals surface area contributed by atoms with Gasteiger partial charge in [0.2, 0.25) is 0 Å². The third-order valence-corrected chi connectivity index (χ3v) is 4.47. The summed E-state index contributed by atoms with van der Waals surface area (Å²) in [5, 5.41) is 3.71. The van der Waals surface area contributed by atoms with Gasteiger partial charge in [0.25, 0.3) is 0 Å². The van der Waals surface area contributed by atoms with Crippen molar-refractivity contribution in [3.63, 3.8) is 0 Å². The third kappa shape index (κ3) is 5.35. The van der Waals surface area contributed by atoms with E-state index in [1.165, 1.54) is 11.1 Å². The SMILES string of the molecule is CCCNC(CC(C)C(C)(C)C)c1cc(C)ccc1OC. The van der Waals surface area contributed by atoms with E-state index in [1.807, 2.05) is 0 Å². The number of aryl methyl sites for hydroxylation is 1. The van der Waals surface area contributed by atoms with Crippen LogP contribution in [0.1, 0.15) is 64.6 Å². The summed E-state index contributed by atoms with van der Waals surface area (Å²) < 4.78 is 5.59. The van der Waals surface area contributed by atoms with Gasteiger partial charge in [0, 0.05) is 11.6 Å². The van der Waals surface area contributed by atoms with Gasteiger partial charge in [-0.3, -0.25) is 0 Å². The van der Waals surface area contributed by atoms with E-state index in [9.17, 15) is 0 Å². The Balaban J connectivity index is 3.04. The zero-order chi connectivity index (χ0) is 16.0. The molecule has 0 saturated heterocycles. The van der Waals surface area contributed by atoms with Crippen molar-refractivity contribution in [2.45, 2.75) is 60.4 Å². The van der Waals surface area contributed by atoms with Gasteiger partial charge in [0.05, 0.1) is 7.11 Å². The first-order valence-corrected chi connectivity index (χ1v) is 8.17. The Morgan fingerprint density at radius 1 is 1.24 bits per heavy atom. The van der Waals surface area contributed by atoms with Crippen molar-refractivity contribution in [3.05, 3.63) is 29.3 Å². The molecule has 1 aromatic carbocycles. The van der Waals surface area contributed by atoms with Crippen LogP contribution in [0, 0.1) is 18.3 Å². The first-order chi connectivity index (χ1) is 9.79. The maximum atomic E-state index is 5.59. The van der Waals surface area contributed by atoms with Crippen molar-refractivity contribution in [2.24, 2.45) is 11.3 Å². The minimum absolute atomic E-state index is 0.323. The summed E-state index contributed by atoms with van der Waals surface area (Å²) in [6.45, 7) is 14.7. The highest BCUT2D eigenvalue weighted by atomic mass is 16.5. The molecule has 0 aliphatic carbocycles. The second-order valence-electron chi connectivity index (χ2n) is 7.25. The number of benzene rings is 1. The van der Waals surface area contributed by atoms with Crippen LogP contribution in [0.2, 0.25) is 0 Å². The highest BCUT2D eigenvalue weighted by Crippen LogP contribution is 2.36. The molecule has 0 bridgehead atoms. The fraction of sp³-hybridized carbons (Fsp3) is 0.684. The van der Waals surface area contributed by atoms with Crippen molar-refractivity contribution in [1.29, 1.82) is 0 Å². The Labute approximate surface area is 131 Å². The molecule has 1 aromatic rings. The normalized spacial score (nSPS) is 14.8. The van der Waals surface area contributed by atoms with E-state index >= 15 is 0 Å². The molecule has 2 atom stereocenters. The number of hydrogen-bond donors (Lipinski definition) is 1. The van der Waals surface area contributed by atoms with Crippen LogP contribution in [0.15, 0.2) is 18.2 Å². The molecule has 120 valence electrons. The molecule has 0 spiro atoms. The molecular weight excluding hydrogens is 258 g/mol. The van der Waals surface area contributed by atoms with Crippen LogP contribution in [-0.4, -0.2) is 13.7 Å². The van der Waals surface area contributed by atoms with Gasteiger partial charge in [-0.1, -0.05) is 52.3 Å². The van der Waals surface area contributed by atoms with E-state index in [4.69, 9.17) is 4.74 Å². The van der Waals surface area contributed by atoms with E-state index in [2.05, 4.69) is 65.1 Å². The lowest BCUT2D eigenvalue weighted by atomic mass is 9.77. The number of methoxy groups -OCH3 is 1. The maximum absolute atomic E-state index is 5.59. The summed E-state index contributed by atoms with van der Waals surface area (Å²) in [4.78, 5) is 0. The van der Waals surface area contributed by atoms with Gasteiger partial charge >= 0.3 is 0 Å². The molecule has 0 heterocycles. The van der Waals surface area contributed by atoms with Gasteiger partial charge in [-0.15, -0.1) is 0 Å². The van der Waals surface area contributed by atoms with Crippen LogP contribution in [0.5, 0.6) is 5.75 Å². The van der Waals surface area contributed by atoms with Crippen molar-refractivity contribution >= 4 is 0 Å². The Bertz CT molecular complexity index is 434. The lowest BCUT2D eigenvalue weighted by molar-refractivity contribution is 0.221. The van der Waals surface area contributed by atoms with Gasteiger partial charge in [-0.25, -0.2) is 0 Å². The van der Waals surface area contributed by atoms with E-state index in [-0.39, 0.29) is 0 Å². The van der Waals surface area contributed by atoms with Crippen LogP contribution in [0.3, 0.4) is 0 Å². The summed E-state index contributed by atoms with van der Waals surface area (Å²) in [6, 6.07) is 6.83. The van der Waals surface area contributed by atoms with Gasteiger partial charge in [0.1, 0.15) is 5.75 Å². The highest BCUT2D eigenvalue weighted by molar-refractivity contribution is 5.39. The summed E-state index contributed by atoms with van der Waals surface area (Å²) in [7, 11) is 1.76. The Kier molecular flexibility index (Phi) is 6.73. The van der Waals surface area contributed by atoms with Gasteiger partial charge < -0.3 is 10.1 Å². The zero-order valence-electron chi connectivity index (χ0n) is 14.9. The second kappa shape index (κ2) is 7.84. The zero-order valence-corrected chi connectivity index (χ0v) is 14.9. The lowest BCUT2D eigenvalue weighted by Gasteiger charge is -2.32. The molecule has 0 fully saturated rings. The van der Waals surface area contributed by atoms with Crippen LogP contribution >= 0.6 is 0 Å². The number of rotatable bonds is 7. The van der Waals surface area contributed by atoms with E-state index in [0.717, 1.165) is 25.1 Å². The lowest BCUT2D eigenvalue weighted by Crippen LogP contribution is -2.28. The van der Waals surface area contributed by atoms with Crippen molar-refractivity contribution in [2.75, 3.05) is 13.7 Å². The van der Waals surface area contributed by atoms with Crippen LogP contribution in [0.25, 0.3) is 0 Å². The molecule has 1 rings (SSSR count). The molecule has 2 unspecified atom stereocenters. The average molecular weight is 291 g/mol. The maximum Gasteiger partial charge on any atom is 0.123 e. The second-order valence-corrected chi connectivity index (χ2v) is 7.25. The molecule has 0 aromatic heterocycles. The molecule has 0 amide bonds. The van der Waals surface area contributed by atoms with Crippen molar-refractivity contribution in [3.8, 4) is 5.75 Å². The van der Waals surface area contributed by atoms with Crippen LogP contribution in [-0.2, 0) is 0 Å². The van der Waals surface area contributed by atoms with Gasteiger partial charge in [0.15, 0.2) is 0 Å². The smallest absolute Gasteiger partial charge is 0.123 e. The summed E-state index contributed by atoms with van der Waals surface area (Å²) in [6.07, 6.45) is 2.28. The fourth-order valence-electron chi connectivity index (χ4n) is 2.47. The summed E-state index contributed by atoms with van der Waals surface area (Å²) in [5.74, 6) is 1.63. The Morgan fingerprint density at radius 2 is 1.90 bits per heavy atom. The summed E-state index contributed by atoms with van der Waals surface area (Å²) in [5.41, 5.74) is 2.91. The fourth-order valence-corrected chi connectivity index (χ4v) is 2.47. The molecule has 2 heteroatoms. The molecule has 0 saturated carbocycles. The standard InChI is InChI=1S/C19H33NO/c1-8-11-20-17(13-15(3)19(4,5)6)16-12-14(2)9-10-18(16)21-7/h9-10,12,15,17,20H,8,11,13H2,1-7H3. The van der Waals surface area contributed by atoms with E-state index in [0.29, 0.717) is 17.4 Å². The number of hydrogen-bond acceptors (Lipinski definition) is 2. The molecule has 2 nitrogen and oxygen atoms in total. The van der Waals surface area contributed by atoms with Crippen molar-refractivity contribution < 1.29 is 4.74 Å². The summed E-state index contributed by atoms with van der Waals surface area (Å²) >= 11 is 0. The predicted octanol–water partition coefficient (Wildman–Crippen LogP) is 5.12. The van der Waals surface area contributed by atoms with Crippen LogP contribution in [0.4, 0.5) is 0 Å². The minimum Gasteiger partial charge on any atom is -0.496 e. The highest BCUT2D eigenvalue weighted by Gasteiger charge is 2.25. The molecule has 0 radical (unpaired) electrons. The first-order valence-electron chi connectivity index (χ1n) is 8.17. The minimum atomic E-state index is 0.323. The topological polar surface area (TPSA) is 21.3 Å². The van der Waals surface area contributed by atoms with E-state index in [1.54, 1.807) is 7.11 Å². The molecular formula is C19H33NO. The third-order valence-electron chi connectivity index (χ3n) is 4.47. The molecule has 21 heavy (non-hydrogen) atoms. The molecule has 1 N–H and O–H groups in total. The van der Waals surface area contributed by atoms with Crippen LogP contribution < -0.4 is 10.1 Å². The Hall–Kier alpha value is -1.02. The van der Waals surface area contributed by atoms with Crippen molar-refractivity contribution in [1.82, 2.24) is 5.32 Å². The largest absolute Gasteiger partial charge is 0.496 e. The molecule has 0 aliphatic heterocycles. The first kappa shape index (κ1) is 18.0. The Morgan fingerprint density at radius 3 is 2.43 bits per heavy atom. The van der Waals surface area contributed by atoms with Gasteiger partial charge in [-0.05, 0) is 43.7 Å². The number of ether oxygens (including phenoxy) is 1. The monoisotopic (exact) mass is 291 g/mol. The molecule has 0 aliphatic rings. The van der Waals surface area contributed by atoms with Gasteiger partial charge in [-0.2, -0.15) is 0 Å². The predicted molar refractivity (Wildman–Crippen MR) is 92.0 cm³/mol. The average Bonchev–Trinajstić information content (AvgIpc) is 2.42. The number of nitrogens with one attached hydrogen (secondary N) is 1.